The molecule has 0 aliphatic carbocycles. The molecule has 6 heteroatoms. The van der Waals surface area contributed by atoms with Gasteiger partial charge in [-0.25, -0.2) is 0 Å². The van der Waals surface area contributed by atoms with Crippen molar-refractivity contribution in [2.24, 2.45) is 0 Å². The first-order valence-corrected chi connectivity index (χ1v) is 8.99. The van der Waals surface area contributed by atoms with Crippen LogP contribution in [0.2, 0.25) is 0 Å². The van der Waals surface area contributed by atoms with Gasteiger partial charge in [-0.2, -0.15) is 0 Å². The molecule has 1 amide bonds. The maximum atomic E-state index is 12.1. The van der Waals surface area contributed by atoms with Crippen molar-refractivity contribution >= 4 is 5.91 Å². The van der Waals surface area contributed by atoms with E-state index in [4.69, 9.17) is 5.11 Å². The smallest absolute Gasteiger partial charge is 0.220 e. The van der Waals surface area contributed by atoms with Crippen LogP contribution in [-0.4, -0.2) is 60.9 Å². The topological polar surface area (TPSA) is 69.6 Å². The molecule has 0 radical (unpaired) electrons. The zero-order chi connectivity index (χ0) is 19.3. The van der Waals surface area contributed by atoms with Gasteiger partial charge in [0, 0.05) is 6.42 Å². The van der Waals surface area contributed by atoms with Crippen LogP contribution in [0, 0.1) is 6.92 Å². The maximum Gasteiger partial charge on any atom is 0.220 e. The first-order chi connectivity index (χ1) is 11.5. The van der Waals surface area contributed by atoms with E-state index in [-0.39, 0.29) is 30.3 Å². The van der Waals surface area contributed by atoms with Crippen molar-refractivity contribution in [3.05, 3.63) is 28.8 Å². The number of aromatic hydroxyl groups is 1. The average molecular weight is 387 g/mol. The molecule has 0 saturated carbocycles. The summed E-state index contributed by atoms with van der Waals surface area (Å²) in [6, 6.07) is 3.97. The van der Waals surface area contributed by atoms with Crippen LogP contribution in [0.3, 0.4) is 0 Å². The van der Waals surface area contributed by atoms with Crippen molar-refractivity contribution in [2.75, 3.05) is 40.3 Å². The molecular formula is C20H35ClN2O3. The Bertz CT molecular complexity index is 595. The summed E-state index contributed by atoms with van der Waals surface area (Å²) in [5, 5.41) is 22.2. The minimum atomic E-state index is -0.136. The van der Waals surface area contributed by atoms with Crippen LogP contribution >= 0.6 is 0 Å². The molecule has 150 valence electrons. The van der Waals surface area contributed by atoms with Crippen molar-refractivity contribution in [2.45, 2.75) is 46.0 Å². The highest BCUT2D eigenvalue weighted by Gasteiger charge is 2.20. The number of carbonyl (C=O) groups excluding carboxylic acids is 1. The molecule has 26 heavy (non-hydrogen) atoms. The molecule has 0 unspecified atom stereocenters. The number of nitrogens with one attached hydrogen (secondary N) is 1. The predicted octanol–water partition coefficient (Wildman–Crippen LogP) is -0.880. The van der Waals surface area contributed by atoms with Gasteiger partial charge >= 0.3 is 0 Å². The van der Waals surface area contributed by atoms with Crippen molar-refractivity contribution < 1.29 is 31.9 Å². The fourth-order valence-electron chi connectivity index (χ4n) is 2.80. The Morgan fingerprint density at radius 1 is 1.19 bits per heavy atom. The lowest BCUT2D eigenvalue weighted by molar-refractivity contribution is -0.889. The summed E-state index contributed by atoms with van der Waals surface area (Å²) in [5.74, 6) is 0.386. The number of hydrogen-bond donors (Lipinski definition) is 3. The first kappa shape index (κ1) is 24.7. The molecule has 0 spiro atoms. The standard InChI is InChI=1S/C20H34N2O3.ClH/c1-15-13-16(14-17(19(15)25)20(2,3)4)7-8-18(24)21-9-10-22(5,6)11-12-23;/h13-14,23H,7-12H2,1-6H3,(H-,21,24,25);1H. The van der Waals surface area contributed by atoms with Gasteiger partial charge in [-0.05, 0) is 35.4 Å². The number of aliphatic hydroxyl groups excluding tert-OH is 1. The van der Waals surface area contributed by atoms with E-state index in [0.29, 0.717) is 36.2 Å². The van der Waals surface area contributed by atoms with E-state index >= 15 is 0 Å². The molecule has 0 aromatic heterocycles. The molecular weight excluding hydrogens is 352 g/mol. The highest BCUT2D eigenvalue weighted by atomic mass is 35.5. The molecule has 0 aliphatic rings. The number of aliphatic hydroxyl groups is 1. The lowest BCUT2D eigenvalue weighted by atomic mass is 9.83. The number of quaternary nitrogens is 1. The molecule has 0 bridgehead atoms. The van der Waals surface area contributed by atoms with Crippen molar-refractivity contribution in [3.63, 3.8) is 0 Å². The van der Waals surface area contributed by atoms with Gasteiger partial charge in [-0.15, -0.1) is 0 Å². The SMILES string of the molecule is Cc1cc(CCC(=O)NCC[N+](C)(C)CCO)cc(C(C)(C)C)c1O.[Cl-]. The molecule has 1 aromatic rings. The summed E-state index contributed by atoms with van der Waals surface area (Å²) in [4.78, 5) is 12.1. The van der Waals surface area contributed by atoms with Gasteiger partial charge in [-0.1, -0.05) is 32.9 Å². The number of halogens is 1. The van der Waals surface area contributed by atoms with E-state index < -0.39 is 0 Å². The molecule has 0 aliphatic heterocycles. The predicted molar refractivity (Wildman–Crippen MR) is 102 cm³/mol. The second-order valence-corrected chi connectivity index (χ2v) is 8.52. The Labute approximate surface area is 164 Å². The Balaban J connectivity index is 0.00000625. The second kappa shape index (κ2) is 10.1. The van der Waals surface area contributed by atoms with Crippen LogP contribution in [0.1, 0.15) is 43.9 Å². The van der Waals surface area contributed by atoms with Crippen molar-refractivity contribution in [3.8, 4) is 5.75 Å². The summed E-state index contributed by atoms with van der Waals surface area (Å²) >= 11 is 0. The summed E-state index contributed by atoms with van der Waals surface area (Å²) in [7, 11) is 4.07. The monoisotopic (exact) mass is 386 g/mol. The van der Waals surface area contributed by atoms with E-state index in [1.807, 2.05) is 33.2 Å². The van der Waals surface area contributed by atoms with Gasteiger partial charge in [0.15, 0.2) is 0 Å². The molecule has 3 N–H and O–H groups in total. The van der Waals surface area contributed by atoms with Gasteiger partial charge in [0.05, 0.1) is 33.8 Å². The third-order valence-corrected chi connectivity index (χ3v) is 4.55. The highest BCUT2D eigenvalue weighted by molar-refractivity contribution is 5.76. The minimum absolute atomic E-state index is 0. The summed E-state index contributed by atoms with van der Waals surface area (Å²) < 4.78 is 0.683. The second-order valence-electron chi connectivity index (χ2n) is 8.52. The fraction of sp³-hybridized carbons (Fsp3) is 0.650. The Hall–Kier alpha value is -1.30. The molecule has 0 fully saturated rings. The molecule has 0 atom stereocenters. The number of phenolic OH excluding ortho intramolecular Hbond substituents is 1. The zero-order valence-electron chi connectivity index (χ0n) is 17.0. The summed E-state index contributed by atoms with van der Waals surface area (Å²) in [6.45, 7) is 10.3. The van der Waals surface area contributed by atoms with Crippen molar-refractivity contribution in [1.82, 2.24) is 5.32 Å². The number of aryl methyl sites for hydroxylation is 2. The van der Waals surface area contributed by atoms with Gasteiger partial charge in [0.25, 0.3) is 0 Å². The quantitative estimate of drug-likeness (QED) is 0.508. The van der Waals surface area contributed by atoms with E-state index in [0.717, 1.165) is 23.2 Å². The van der Waals surface area contributed by atoms with Crippen LogP contribution in [-0.2, 0) is 16.6 Å². The average Bonchev–Trinajstić information content (AvgIpc) is 2.46. The summed E-state index contributed by atoms with van der Waals surface area (Å²) in [5.41, 5.74) is 2.71. The van der Waals surface area contributed by atoms with Crippen LogP contribution in [0.4, 0.5) is 0 Å². The van der Waals surface area contributed by atoms with Gasteiger partial charge < -0.3 is 32.4 Å². The van der Waals surface area contributed by atoms with E-state index in [2.05, 4.69) is 26.1 Å². The maximum absolute atomic E-state index is 12.1. The minimum Gasteiger partial charge on any atom is -1.00 e. The number of carbonyl (C=O) groups is 1. The van der Waals surface area contributed by atoms with Crippen LogP contribution in [0.25, 0.3) is 0 Å². The molecule has 1 rings (SSSR count). The molecule has 5 nitrogen and oxygen atoms in total. The third-order valence-electron chi connectivity index (χ3n) is 4.55. The van der Waals surface area contributed by atoms with Gasteiger partial charge in [0.1, 0.15) is 12.3 Å². The molecule has 0 heterocycles. The summed E-state index contributed by atoms with van der Waals surface area (Å²) in [6.07, 6.45) is 1.09. The van der Waals surface area contributed by atoms with Crippen LogP contribution in [0.5, 0.6) is 5.75 Å². The lowest BCUT2D eigenvalue weighted by Crippen LogP contribution is -3.00. The van der Waals surface area contributed by atoms with Crippen LogP contribution < -0.4 is 17.7 Å². The van der Waals surface area contributed by atoms with Crippen molar-refractivity contribution in [1.29, 1.82) is 0 Å². The number of rotatable bonds is 8. The molecule has 0 saturated heterocycles. The molecule has 1 aromatic carbocycles. The van der Waals surface area contributed by atoms with Gasteiger partial charge in [0.2, 0.25) is 5.91 Å². The zero-order valence-corrected chi connectivity index (χ0v) is 17.8. The normalized spacial score (nSPS) is 11.8. The first-order valence-electron chi connectivity index (χ1n) is 8.99. The Kier molecular flexibility index (Phi) is 9.64. The number of likely N-dealkylation sites (N-methyl/N-ethyl adjacent to an activating group) is 1. The highest BCUT2D eigenvalue weighted by Crippen LogP contribution is 2.34. The Morgan fingerprint density at radius 3 is 2.35 bits per heavy atom. The largest absolute Gasteiger partial charge is 1.00 e. The lowest BCUT2D eigenvalue weighted by Gasteiger charge is -2.28. The number of phenols is 1. The number of benzene rings is 1. The van der Waals surface area contributed by atoms with E-state index in [1.54, 1.807) is 0 Å². The fourth-order valence-corrected chi connectivity index (χ4v) is 2.80. The Morgan fingerprint density at radius 2 is 1.81 bits per heavy atom. The number of amides is 1. The van der Waals surface area contributed by atoms with Gasteiger partial charge in [-0.3, -0.25) is 4.79 Å². The number of hydrogen-bond acceptors (Lipinski definition) is 3. The van der Waals surface area contributed by atoms with E-state index in [9.17, 15) is 9.90 Å². The number of nitrogens with zero attached hydrogens (tertiary/aromatic N) is 1. The third kappa shape index (κ3) is 7.94. The van der Waals surface area contributed by atoms with E-state index in [1.165, 1.54) is 0 Å². The van der Waals surface area contributed by atoms with Crippen LogP contribution in [0.15, 0.2) is 12.1 Å².